The second-order valence-electron chi connectivity index (χ2n) is 5.21. The predicted molar refractivity (Wildman–Crippen MR) is 80.4 cm³/mol. The molecule has 4 heteroatoms. The zero-order chi connectivity index (χ0) is 13.8. The molecule has 0 bridgehead atoms. The van der Waals surface area contributed by atoms with E-state index in [1.54, 1.807) is 6.20 Å². The van der Waals surface area contributed by atoms with Crippen LogP contribution in [0.4, 0.5) is 4.79 Å². The van der Waals surface area contributed by atoms with Crippen LogP contribution in [-0.4, -0.2) is 17.6 Å². The number of aromatic amines is 1. The van der Waals surface area contributed by atoms with Gasteiger partial charge < -0.3 is 15.6 Å². The van der Waals surface area contributed by atoms with E-state index in [2.05, 4.69) is 33.8 Å². The first kappa shape index (κ1) is 12.8. The van der Waals surface area contributed by atoms with Gasteiger partial charge in [0.15, 0.2) is 0 Å². The molecule has 2 aromatic rings. The molecule has 2 amide bonds. The molecule has 3 rings (SSSR count). The summed E-state index contributed by atoms with van der Waals surface area (Å²) in [6, 6.07) is 8.06. The standard InChI is InChI=1S/C16H19N3O/c20-16(17-9-7-12-5-6-12)18-10-8-13-11-19-15-4-2-1-3-14(13)15/h1-4,7,9,11-12,19H,5-6,8,10H2,(H2,17,18,20)/b9-7+. The number of rotatable bonds is 5. The van der Waals surface area contributed by atoms with Gasteiger partial charge in [0, 0.05) is 29.8 Å². The van der Waals surface area contributed by atoms with Gasteiger partial charge in [0.05, 0.1) is 0 Å². The van der Waals surface area contributed by atoms with Crippen molar-refractivity contribution >= 4 is 16.9 Å². The summed E-state index contributed by atoms with van der Waals surface area (Å²) in [6.45, 7) is 0.630. The molecule has 0 radical (unpaired) electrons. The smallest absolute Gasteiger partial charge is 0.318 e. The number of carbonyl (C=O) groups is 1. The van der Waals surface area contributed by atoms with E-state index < -0.39 is 0 Å². The topological polar surface area (TPSA) is 56.9 Å². The average molecular weight is 269 g/mol. The number of hydrogen-bond acceptors (Lipinski definition) is 1. The number of H-pyrrole nitrogens is 1. The third-order valence-electron chi connectivity index (χ3n) is 3.56. The lowest BCUT2D eigenvalue weighted by Crippen LogP contribution is -2.33. The molecule has 1 aliphatic carbocycles. The SMILES string of the molecule is O=C(N/C=C/C1CC1)NCCc1c[nH]c2ccccc12. The van der Waals surface area contributed by atoms with Crippen LogP contribution < -0.4 is 10.6 Å². The summed E-state index contributed by atoms with van der Waals surface area (Å²) in [4.78, 5) is 14.8. The first-order valence-electron chi connectivity index (χ1n) is 7.09. The van der Waals surface area contributed by atoms with E-state index in [9.17, 15) is 4.79 Å². The average Bonchev–Trinajstić information content (AvgIpc) is 3.19. The maximum atomic E-state index is 11.6. The second kappa shape index (κ2) is 5.82. The summed E-state index contributed by atoms with van der Waals surface area (Å²) in [7, 11) is 0. The largest absolute Gasteiger partial charge is 0.361 e. The van der Waals surface area contributed by atoms with Crippen molar-refractivity contribution in [1.29, 1.82) is 0 Å². The normalized spacial score (nSPS) is 14.8. The molecule has 1 aromatic heterocycles. The molecule has 1 fully saturated rings. The predicted octanol–water partition coefficient (Wildman–Crippen LogP) is 2.93. The highest BCUT2D eigenvalue weighted by atomic mass is 16.2. The van der Waals surface area contributed by atoms with Crippen molar-refractivity contribution in [1.82, 2.24) is 15.6 Å². The monoisotopic (exact) mass is 269 g/mol. The van der Waals surface area contributed by atoms with Gasteiger partial charge in [0.25, 0.3) is 0 Å². The van der Waals surface area contributed by atoms with Crippen molar-refractivity contribution in [3.8, 4) is 0 Å². The van der Waals surface area contributed by atoms with E-state index in [4.69, 9.17) is 0 Å². The number of aromatic nitrogens is 1. The molecular weight excluding hydrogens is 250 g/mol. The van der Waals surface area contributed by atoms with Crippen LogP contribution in [0, 0.1) is 5.92 Å². The number of amides is 2. The minimum absolute atomic E-state index is 0.137. The molecule has 104 valence electrons. The van der Waals surface area contributed by atoms with Crippen LogP contribution in [0.1, 0.15) is 18.4 Å². The first-order valence-corrected chi connectivity index (χ1v) is 7.09. The van der Waals surface area contributed by atoms with E-state index in [0.29, 0.717) is 12.5 Å². The molecule has 20 heavy (non-hydrogen) atoms. The molecule has 1 aliphatic rings. The molecule has 0 spiro atoms. The quantitative estimate of drug-likeness (QED) is 0.768. The lowest BCUT2D eigenvalue weighted by atomic mass is 10.1. The van der Waals surface area contributed by atoms with Gasteiger partial charge in [-0.15, -0.1) is 0 Å². The van der Waals surface area contributed by atoms with E-state index in [1.165, 1.54) is 23.8 Å². The van der Waals surface area contributed by atoms with Gasteiger partial charge in [-0.1, -0.05) is 24.3 Å². The summed E-state index contributed by atoms with van der Waals surface area (Å²) < 4.78 is 0. The fourth-order valence-electron chi connectivity index (χ4n) is 2.25. The summed E-state index contributed by atoms with van der Waals surface area (Å²) in [5, 5.41) is 6.82. The molecule has 3 N–H and O–H groups in total. The highest BCUT2D eigenvalue weighted by molar-refractivity contribution is 5.83. The highest BCUT2D eigenvalue weighted by Crippen LogP contribution is 2.29. The number of carbonyl (C=O) groups excluding carboxylic acids is 1. The molecule has 4 nitrogen and oxygen atoms in total. The Labute approximate surface area is 118 Å². The van der Waals surface area contributed by atoms with Gasteiger partial charge in [-0.05, 0) is 36.8 Å². The maximum absolute atomic E-state index is 11.6. The Morgan fingerprint density at radius 2 is 2.20 bits per heavy atom. The lowest BCUT2D eigenvalue weighted by molar-refractivity contribution is 0.244. The van der Waals surface area contributed by atoms with E-state index in [-0.39, 0.29) is 6.03 Å². The van der Waals surface area contributed by atoms with E-state index in [1.807, 2.05) is 18.3 Å². The molecule has 1 saturated carbocycles. The summed E-state index contributed by atoms with van der Waals surface area (Å²) in [6.07, 6.45) is 9.14. The van der Waals surface area contributed by atoms with E-state index in [0.717, 1.165) is 11.9 Å². The Bertz CT molecular complexity index is 625. The van der Waals surface area contributed by atoms with Crippen LogP contribution in [0.2, 0.25) is 0 Å². The number of nitrogens with one attached hydrogen (secondary N) is 3. The zero-order valence-corrected chi connectivity index (χ0v) is 11.4. The Morgan fingerprint density at radius 3 is 3.05 bits per heavy atom. The highest BCUT2D eigenvalue weighted by Gasteiger charge is 2.16. The van der Waals surface area contributed by atoms with Gasteiger partial charge in [0.1, 0.15) is 0 Å². The molecule has 0 saturated heterocycles. The van der Waals surface area contributed by atoms with Crippen LogP contribution in [0.25, 0.3) is 10.9 Å². The molecule has 1 aromatic carbocycles. The third-order valence-corrected chi connectivity index (χ3v) is 3.56. The number of benzene rings is 1. The van der Waals surface area contributed by atoms with Crippen LogP contribution in [0.5, 0.6) is 0 Å². The first-order chi connectivity index (χ1) is 9.83. The van der Waals surface area contributed by atoms with Crippen LogP contribution in [0.3, 0.4) is 0 Å². The summed E-state index contributed by atoms with van der Waals surface area (Å²) in [5.74, 6) is 0.682. The minimum atomic E-state index is -0.137. The molecule has 1 heterocycles. The number of fused-ring (bicyclic) bond motifs is 1. The molecule has 0 unspecified atom stereocenters. The van der Waals surface area contributed by atoms with Crippen molar-refractivity contribution in [2.75, 3.05) is 6.54 Å². The van der Waals surface area contributed by atoms with E-state index >= 15 is 0 Å². The number of urea groups is 1. The van der Waals surface area contributed by atoms with Gasteiger partial charge >= 0.3 is 6.03 Å². The summed E-state index contributed by atoms with van der Waals surface area (Å²) in [5.41, 5.74) is 2.37. The number of hydrogen-bond donors (Lipinski definition) is 3. The van der Waals surface area contributed by atoms with Gasteiger partial charge in [-0.3, -0.25) is 0 Å². The number of allylic oxidation sites excluding steroid dienone is 1. The fraction of sp³-hybridized carbons (Fsp3) is 0.312. The van der Waals surface area contributed by atoms with Crippen molar-refractivity contribution in [3.05, 3.63) is 48.3 Å². The van der Waals surface area contributed by atoms with Crippen molar-refractivity contribution < 1.29 is 4.79 Å². The Balaban J connectivity index is 1.46. The molecular formula is C16H19N3O. The van der Waals surface area contributed by atoms with Crippen LogP contribution >= 0.6 is 0 Å². The number of para-hydroxylation sites is 1. The zero-order valence-electron chi connectivity index (χ0n) is 11.4. The van der Waals surface area contributed by atoms with Crippen molar-refractivity contribution in [2.24, 2.45) is 5.92 Å². The third kappa shape index (κ3) is 3.20. The maximum Gasteiger partial charge on any atom is 0.318 e. The van der Waals surface area contributed by atoms with Gasteiger partial charge in [-0.2, -0.15) is 0 Å². The van der Waals surface area contributed by atoms with Gasteiger partial charge in [0.2, 0.25) is 0 Å². The second-order valence-corrected chi connectivity index (χ2v) is 5.21. The Hall–Kier alpha value is -2.23. The Kier molecular flexibility index (Phi) is 3.72. The van der Waals surface area contributed by atoms with Crippen LogP contribution in [0.15, 0.2) is 42.7 Å². The van der Waals surface area contributed by atoms with Crippen molar-refractivity contribution in [2.45, 2.75) is 19.3 Å². The molecule has 0 atom stereocenters. The van der Waals surface area contributed by atoms with Crippen LogP contribution in [-0.2, 0) is 6.42 Å². The Morgan fingerprint density at radius 1 is 1.35 bits per heavy atom. The summed E-state index contributed by atoms with van der Waals surface area (Å²) >= 11 is 0. The molecule has 0 aliphatic heterocycles. The van der Waals surface area contributed by atoms with Gasteiger partial charge in [-0.25, -0.2) is 4.79 Å². The minimum Gasteiger partial charge on any atom is -0.361 e. The van der Waals surface area contributed by atoms with Crippen molar-refractivity contribution in [3.63, 3.8) is 0 Å². The lowest BCUT2D eigenvalue weighted by Gasteiger charge is -2.04. The fourth-order valence-corrected chi connectivity index (χ4v) is 2.25.